The second kappa shape index (κ2) is 9.00. The Balaban J connectivity index is 1.52. The van der Waals surface area contributed by atoms with Gasteiger partial charge >= 0.3 is 6.03 Å². The van der Waals surface area contributed by atoms with Crippen LogP contribution in [0.4, 0.5) is 20.6 Å². The minimum Gasteiger partial charge on any atom is -0.320 e. The number of halogens is 1. The number of benzene rings is 3. The summed E-state index contributed by atoms with van der Waals surface area (Å²) in [5.74, 6) is -0.343. The Bertz CT molecular complexity index is 1230. The zero-order valence-corrected chi connectivity index (χ0v) is 18.5. The van der Waals surface area contributed by atoms with Crippen molar-refractivity contribution in [2.75, 3.05) is 22.7 Å². The molecule has 0 atom stereocenters. The van der Waals surface area contributed by atoms with Gasteiger partial charge in [0, 0.05) is 24.3 Å². The van der Waals surface area contributed by atoms with E-state index in [0.717, 1.165) is 12.0 Å². The summed E-state index contributed by atoms with van der Waals surface area (Å²) < 4.78 is 42.1. The van der Waals surface area contributed by atoms with E-state index < -0.39 is 10.0 Å². The van der Waals surface area contributed by atoms with Crippen molar-refractivity contribution in [3.63, 3.8) is 0 Å². The Labute approximate surface area is 187 Å². The zero-order chi connectivity index (χ0) is 22.7. The summed E-state index contributed by atoms with van der Waals surface area (Å²) >= 11 is 0. The molecule has 0 bridgehead atoms. The number of amides is 2. The van der Waals surface area contributed by atoms with Crippen LogP contribution in [-0.4, -0.2) is 32.4 Å². The van der Waals surface area contributed by atoms with Crippen molar-refractivity contribution < 1.29 is 17.6 Å². The lowest BCUT2D eigenvalue weighted by Crippen LogP contribution is -2.49. The molecule has 4 rings (SSSR count). The number of anilines is 2. The van der Waals surface area contributed by atoms with Gasteiger partial charge in [-0.25, -0.2) is 17.6 Å². The van der Waals surface area contributed by atoms with Gasteiger partial charge in [0.1, 0.15) is 5.82 Å². The third-order valence-electron chi connectivity index (χ3n) is 5.37. The number of sulfonamides is 1. The van der Waals surface area contributed by atoms with Crippen LogP contribution in [0.5, 0.6) is 0 Å². The van der Waals surface area contributed by atoms with Crippen LogP contribution < -0.4 is 9.62 Å². The number of carbonyl (C=O) groups is 1. The molecular formula is C24H24FN3O3S. The van der Waals surface area contributed by atoms with E-state index in [1.165, 1.54) is 6.07 Å². The van der Waals surface area contributed by atoms with Crippen LogP contribution in [0, 0.1) is 12.7 Å². The Morgan fingerprint density at radius 2 is 1.72 bits per heavy atom. The van der Waals surface area contributed by atoms with E-state index in [0.29, 0.717) is 30.0 Å². The third kappa shape index (κ3) is 4.75. The van der Waals surface area contributed by atoms with Crippen molar-refractivity contribution >= 4 is 27.4 Å². The Hall–Kier alpha value is -3.39. The average molecular weight is 454 g/mol. The molecule has 1 heterocycles. The number of rotatable bonds is 6. The van der Waals surface area contributed by atoms with Crippen LogP contribution in [0.2, 0.25) is 0 Å². The lowest BCUT2D eigenvalue weighted by Gasteiger charge is -2.36. The van der Waals surface area contributed by atoms with E-state index in [-0.39, 0.29) is 23.3 Å². The fourth-order valence-corrected chi connectivity index (χ4v) is 4.72. The standard InChI is InChI=1S/C24H24FN3O3S/c1-18-10-12-22(13-11-18)32(30,31)26-20-7-4-8-21(16-20)28-15-5-14-27(24(28)29)17-19-6-2-3-9-23(19)25/h2-4,6-13,16,26H,5,14-15,17H2,1H3. The first-order valence-electron chi connectivity index (χ1n) is 10.3. The van der Waals surface area contributed by atoms with E-state index in [1.807, 2.05) is 6.92 Å². The van der Waals surface area contributed by atoms with E-state index in [4.69, 9.17) is 0 Å². The molecule has 0 aliphatic carbocycles. The van der Waals surface area contributed by atoms with Gasteiger partial charge in [-0.2, -0.15) is 0 Å². The fourth-order valence-electron chi connectivity index (χ4n) is 3.67. The van der Waals surface area contributed by atoms with E-state index in [2.05, 4.69) is 4.72 Å². The van der Waals surface area contributed by atoms with Crippen molar-refractivity contribution in [1.29, 1.82) is 0 Å². The Morgan fingerprint density at radius 3 is 2.47 bits per heavy atom. The molecule has 1 aliphatic heterocycles. The SMILES string of the molecule is Cc1ccc(S(=O)(=O)Nc2cccc(N3CCCN(Cc4ccccc4F)C3=O)c2)cc1. The van der Waals surface area contributed by atoms with Crippen LogP contribution in [-0.2, 0) is 16.6 Å². The molecule has 0 saturated carbocycles. The summed E-state index contributed by atoms with van der Waals surface area (Å²) in [4.78, 5) is 16.4. The van der Waals surface area contributed by atoms with Gasteiger partial charge in [-0.1, -0.05) is 42.0 Å². The number of carbonyl (C=O) groups excluding carboxylic acids is 1. The normalized spacial score (nSPS) is 14.5. The van der Waals surface area contributed by atoms with Crippen molar-refractivity contribution in [2.24, 2.45) is 0 Å². The highest BCUT2D eigenvalue weighted by Crippen LogP contribution is 2.26. The fraction of sp³-hybridized carbons (Fsp3) is 0.208. The smallest absolute Gasteiger partial charge is 0.320 e. The van der Waals surface area contributed by atoms with Crippen molar-refractivity contribution in [3.05, 3.63) is 89.7 Å². The van der Waals surface area contributed by atoms with Crippen LogP contribution in [0.25, 0.3) is 0 Å². The molecule has 3 aromatic rings. The largest absolute Gasteiger partial charge is 0.324 e. The summed E-state index contributed by atoms with van der Waals surface area (Å²) in [5, 5.41) is 0. The summed E-state index contributed by atoms with van der Waals surface area (Å²) in [5.41, 5.74) is 2.37. The van der Waals surface area contributed by atoms with Gasteiger partial charge in [-0.05, 0) is 49.7 Å². The Morgan fingerprint density at radius 1 is 0.969 bits per heavy atom. The molecule has 6 nitrogen and oxygen atoms in total. The number of hydrogen-bond donors (Lipinski definition) is 1. The van der Waals surface area contributed by atoms with E-state index in [9.17, 15) is 17.6 Å². The first-order chi connectivity index (χ1) is 15.3. The van der Waals surface area contributed by atoms with Crippen LogP contribution in [0.3, 0.4) is 0 Å². The van der Waals surface area contributed by atoms with E-state index in [1.54, 1.807) is 76.5 Å². The number of hydrogen-bond acceptors (Lipinski definition) is 3. The van der Waals surface area contributed by atoms with Gasteiger partial charge in [0.2, 0.25) is 0 Å². The Kier molecular flexibility index (Phi) is 6.14. The molecule has 1 fully saturated rings. The first-order valence-corrected chi connectivity index (χ1v) is 11.8. The molecule has 166 valence electrons. The summed E-state index contributed by atoms with van der Waals surface area (Å²) in [7, 11) is -3.75. The lowest BCUT2D eigenvalue weighted by molar-refractivity contribution is 0.192. The van der Waals surface area contributed by atoms with Gasteiger partial charge in [0.15, 0.2) is 0 Å². The van der Waals surface area contributed by atoms with Gasteiger partial charge < -0.3 is 4.90 Å². The van der Waals surface area contributed by atoms with Crippen LogP contribution >= 0.6 is 0 Å². The highest BCUT2D eigenvalue weighted by molar-refractivity contribution is 7.92. The summed E-state index contributed by atoms with van der Waals surface area (Å²) in [6.07, 6.45) is 0.722. The predicted molar refractivity (Wildman–Crippen MR) is 123 cm³/mol. The first kappa shape index (κ1) is 21.8. The van der Waals surface area contributed by atoms with Crippen LogP contribution in [0.15, 0.2) is 77.7 Å². The highest BCUT2D eigenvalue weighted by Gasteiger charge is 2.27. The topological polar surface area (TPSA) is 69.7 Å². The molecule has 0 spiro atoms. The van der Waals surface area contributed by atoms with Gasteiger partial charge in [0.25, 0.3) is 10.0 Å². The predicted octanol–water partition coefficient (Wildman–Crippen LogP) is 4.77. The maximum absolute atomic E-state index is 14.0. The number of aryl methyl sites for hydroxylation is 1. The van der Waals surface area contributed by atoms with Gasteiger partial charge in [-0.15, -0.1) is 0 Å². The van der Waals surface area contributed by atoms with Crippen molar-refractivity contribution in [2.45, 2.75) is 24.8 Å². The maximum Gasteiger partial charge on any atom is 0.324 e. The van der Waals surface area contributed by atoms with Gasteiger partial charge in [-0.3, -0.25) is 9.62 Å². The minimum absolute atomic E-state index is 0.165. The lowest BCUT2D eigenvalue weighted by atomic mass is 10.1. The number of urea groups is 1. The quantitative estimate of drug-likeness (QED) is 0.585. The molecule has 0 unspecified atom stereocenters. The van der Waals surface area contributed by atoms with Crippen molar-refractivity contribution in [1.82, 2.24) is 4.90 Å². The second-order valence-electron chi connectivity index (χ2n) is 7.77. The molecule has 0 aromatic heterocycles. The van der Waals surface area contributed by atoms with Gasteiger partial charge in [0.05, 0.1) is 17.1 Å². The molecule has 32 heavy (non-hydrogen) atoms. The molecule has 1 N–H and O–H groups in total. The molecule has 3 aromatic carbocycles. The second-order valence-corrected chi connectivity index (χ2v) is 9.45. The monoisotopic (exact) mass is 453 g/mol. The molecule has 1 aliphatic rings. The summed E-state index contributed by atoms with van der Waals surface area (Å²) in [6.45, 7) is 3.10. The molecule has 2 amide bonds. The zero-order valence-electron chi connectivity index (χ0n) is 17.7. The van der Waals surface area contributed by atoms with E-state index >= 15 is 0 Å². The maximum atomic E-state index is 14.0. The summed E-state index contributed by atoms with van der Waals surface area (Å²) in [6, 6.07) is 19.5. The molecule has 0 radical (unpaired) electrons. The third-order valence-corrected chi connectivity index (χ3v) is 6.77. The van der Waals surface area contributed by atoms with Crippen LogP contribution in [0.1, 0.15) is 17.5 Å². The average Bonchev–Trinajstić information content (AvgIpc) is 2.77. The molecule has 8 heteroatoms. The molecule has 1 saturated heterocycles. The number of nitrogens with zero attached hydrogens (tertiary/aromatic N) is 2. The molecular weight excluding hydrogens is 429 g/mol. The minimum atomic E-state index is -3.75. The van der Waals surface area contributed by atoms with Crippen molar-refractivity contribution in [3.8, 4) is 0 Å². The highest BCUT2D eigenvalue weighted by atomic mass is 32.2. The number of nitrogens with one attached hydrogen (secondary N) is 1.